The van der Waals surface area contributed by atoms with Crippen LogP contribution in [0.25, 0.3) is 0 Å². The lowest BCUT2D eigenvalue weighted by Crippen LogP contribution is -2.19. The van der Waals surface area contributed by atoms with Crippen LogP contribution in [0.1, 0.15) is 19.3 Å². The number of rotatable bonds is 2. The molecule has 0 aromatic heterocycles. The highest BCUT2D eigenvalue weighted by Gasteiger charge is 2.33. The van der Waals surface area contributed by atoms with Crippen molar-refractivity contribution < 1.29 is 18.7 Å². The zero-order valence-corrected chi connectivity index (χ0v) is 7.42. The summed E-state index contributed by atoms with van der Waals surface area (Å²) in [5.74, 6) is -0.596. The maximum absolute atomic E-state index is 11.1. The van der Waals surface area contributed by atoms with Crippen LogP contribution in [0.15, 0.2) is 0 Å². The average Bonchev–Trinajstić information content (AvgIpc) is 2.06. The van der Waals surface area contributed by atoms with Gasteiger partial charge in [0.15, 0.2) is 5.85 Å². The van der Waals surface area contributed by atoms with E-state index in [2.05, 4.69) is 4.52 Å². The smallest absolute Gasteiger partial charge is 0.356 e. The van der Waals surface area contributed by atoms with Crippen molar-refractivity contribution in [1.29, 1.82) is 0 Å². The van der Waals surface area contributed by atoms with Crippen LogP contribution in [0.4, 0.5) is 0 Å². The third kappa shape index (κ3) is 2.27. The Morgan fingerprint density at radius 3 is 2.82 bits per heavy atom. The van der Waals surface area contributed by atoms with Gasteiger partial charge in [0, 0.05) is 13.7 Å². The molecule has 0 radical (unpaired) electrons. The summed E-state index contributed by atoms with van der Waals surface area (Å²) >= 11 is 0. The molecule has 0 aromatic carbocycles. The molecular formula is C6H13O4P. The van der Waals surface area contributed by atoms with Gasteiger partial charge in [-0.25, -0.2) is 0 Å². The van der Waals surface area contributed by atoms with Crippen molar-refractivity contribution in [2.75, 3.05) is 13.7 Å². The van der Waals surface area contributed by atoms with Gasteiger partial charge in [0.05, 0.1) is 0 Å². The summed E-state index contributed by atoms with van der Waals surface area (Å²) < 4.78 is 20.7. The Balaban J connectivity index is 2.51. The molecule has 0 aliphatic carbocycles. The Bertz CT molecular complexity index is 164. The minimum atomic E-state index is -3.47. The highest BCUT2D eigenvalue weighted by Crippen LogP contribution is 2.50. The van der Waals surface area contributed by atoms with E-state index < -0.39 is 13.4 Å². The van der Waals surface area contributed by atoms with Crippen molar-refractivity contribution in [3.05, 3.63) is 0 Å². The molecule has 0 amide bonds. The minimum Gasteiger partial charge on any atom is -0.366 e. The van der Waals surface area contributed by atoms with Crippen LogP contribution < -0.4 is 0 Å². The highest BCUT2D eigenvalue weighted by atomic mass is 31.2. The third-order valence-corrected chi connectivity index (χ3v) is 3.44. The molecule has 1 fully saturated rings. The molecule has 1 aliphatic rings. The normalized spacial score (nSPS) is 31.3. The molecule has 1 heterocycles. The van der Waals surface area contributed by atoms with Gasteiger partial charge < -0.3 is 14.2 Å². The summed E-state index contributed by atoms with van der Waals surface area (Å²) in [6, 6.07) is 0. The lowest BCUT2D eigenvalue weighted by atomic mass is 10.2. The summed E-state index contributed by atoms with van der Waals surface area (Å²) in [6.07, 6.45) is 2.54. The molecule has 66 valence electrons. The predicted molar refractivity (Wildman–Crippen MR) is 40.4 cm³/mol. The first-order valence-electron chi connectivity index (χ1n) is 3.66. The van der Waals surface area contributed by atoms with Crippen molar-refractivity contribution in [3.8, 4) is 0 Å². The molecule has 2 atom stereocenters. The second-order valence-corrected chi connectivity index (χ2v) is 4.64. The number of hydrogen-bond donors (Lipinski definition) is 1. The molecule has 0 spiro atoms. The second-order valence-electron chi connectivity index (χ2n) is 2.57. The van der Waals surface area contributed by atoms with Crippen LogP contribution >= 0.6 is 7.60 Å². The van der Waals surface area contributed by atoms with Gasteiger partial charge in [-0.2, -0.15) is 0 Å². The summed E-state index contributed by atoms with van der Waals surface area (Å²) in [7, 11) is -2.24. The molecule has 1 rings (SSSR count). The van der Waals surface area contributed by atoms with E-state index in [1.807, 2.05) is 0 Å². The van der Waals surface area contributed by atoms with E-state index in [9.17, 15) is 4.57 Å². The molecule has 1 N–H and O–H groups in total. The lowest BCUT2D eigenvalue weighted by Gasteiger charge is -2.24. The fraction of sp³-hybridized carbons (Fsp3) is 1.00. The van der Waals surface area contributed by atoms with Gasteiger partial charge in [0.1, 0.15) is 0 Å². The van der Waals surface area contributed by atoms with E-state index in [4.69, 9.17) is 9.63 Å². The van der Waals surface area contributed by atoms with Gasteiger partial charge in [-0.15, -0.1) is 0 Å². The zero-order valence-electron chi connectivity index (χ0n) is 6.52. The molecule has 1 saturated heterocycles. The fourth-order valence-corrected chi connectivity index (χ4v) is 2.14. The van der Waals surface area contributed by atoms with Crippen LogP contribution in [0.3, 0.4) is 0 Å². The standard InChI is InChI=1S/C6H13O4P/c1-9-11(7,8)6-4-2-3-5-10-6/h6H,2-5H2,1H3,(H,7,8). The van der Waals surface area contributed by atoms with Crippen LogP contribution in [-0.2, 0) is 13.8 Å². The summed E-state index contributed by atoms with van der Waals surface area (Å²) in [4.78, 5) is 9.16. The van der Waals surface area contributed by atoms with Crippen molar-refractivity contribution in [2.45, 2.75) is 25.1 Å². The predicted octanol–water partition coefficient (Wildman–Crippen LogP) is 1.34. The van der Waals surface area contributed by atoms with Crippen molar-refractivity contribution in [2.24, 2.45) is 0 Å². The Morgan fingerprint density at radius 1 is 1.64 bits per heavy atom. The van der Waals surface area contributed by atoms with Gasteiger partial charge in [0.2, 0.25) is 0 Å². The van der Waals surface area contributed by atoms with E-state index in [1.54, 1.807) is 0 Å². The Labute approximate surface area is 66.0 Å². The van der Waals surface area contributed by atoms with Gasteiger partial charge in [0.25, 0.3) is 0 Å². The van der Waals surface area contributed by atoms with Gasteiger partial charge in [-0.1, -0.05) is 0 Å². The van der Waals surface area contributed by atoms with Gasteiger partial charge >= 0.3 is 7.60 Å². The molecule has 0 bridgehead atoms. The van der Waals surface area contributed by atoms with Gasteiger partial charge in [-0.3, -0.25) is 4.57 Å². The zero-order chi connectivity index (χ0) is 8.32. The first kappa shape index (κ1) is 9.20. The fourth-order valence-electron chi connectivity index (χ4n) is 1.10. The number of hydrogen-bond acceptors (Lipinski definition) is 3. The van der Waals surface area contributed by atoms with E-state index >= 15 is 0 Å². The van der Waals surface area contributed by atoms with E-state index in [1.165, 1.54) is 7.11 Å². The SMILES string of the molecule is COP(=O)(O)C1CCCCO1. The Kier molecular flexibility index (Phi) is 3.07. The van der Waals surface area contributed by atoms with Crippen LogP contribution in [-0.4, -0.2) is 24.5 Å². The first-order valence-corrected chi connectivity index (χ1v) is 5.31. The van der Waals surface area contributed by atoms with Crippen LogP contribution in [0.5, 0.6) is 0 Å². The van der Waals surface area contributed by atoms with Crippen LogP contribution in [0.2, 0.25) is 0 Å². The number of ether oxygens (including phenoxy) is 1. The minimum absolute atomic E-state index is 0.568. The highest BCUT2D eigenvalue weighted by molar-refractivity contribution is 7.53. The average molecular weight is 180 g/mol. The molecule has 5 heteroatoms. The quantitative estimate of drug-likeness (QED) is 0.651. The molecule has 0 aromatic rings. The third-order valence-electron chi connectivity index (χ3n) is 1.78. The molecular weight excluding hydrogens is 167 g/mol. The first-order chi connectivity index (χ1) is 5.17. The van der Waals surface area contributed by atoms with Crippen molar-refractivity contribution >= 4 is 7.60 Å². The lowest BCUT2D eigenvalue weighted by molar-refractivity contribution is 0.0466. The topological polar surface area (TPSA) is 55.8 Å². The summed E-state index contributed by atoms with van der Waals surface area (Å²) in [6.45, 7) is 0.568. The molecule has 4 nitrogen and oxygen atoms in total. The summed E-state index contributed by atoms with van der Waals surface area (Å²) in [5.41, 5.74) is 0. The maximum atomic E-state index is 11.1. The molecule has 0 saturated carbocycles. The van der Waals surface area contributed by atoms with Crippen molar-refractivity contribution in [3.63, 3.8) is 0 Å². The van der Waals surface area contributed by atoms with Crippen LogP contribution in [0, 0.1) is 0 Å². The summed E-state index contributed by atoms with van der Waals surface area (Å²) in [5, 5.41) is 0. The molecule has 2 unspecified atom stereocenters. The van der Waals surface area contributed by atoms with Crippen molar-refractivity contribution in [1.82, 2.24) is 0 Å². The largest absolute Gasteiger partial charge is 0.366 e. The molecule has 1 aliphatic heterocycles. The van der Waals surface area contributed by atoms with Gasteiger partial charge in [-0.05, 0) is 19.3 Å². The second kappa shape index (κ2) is 3.68. The monoisotopic (exact) mass is 180 g/mol. The Hall–Kier alpha value is 0.110. The van der Waals surface area contributed by atoms with E-state index in [0.717, 1.165) is 12.8 Å². The maximum Gasteiger partial charge on any atom is 0.356 e. The van der Waals surface area contributed by atoms with E-state index in [-0.39, 0.29) is 0 Å². The Morgan fingerprint density at radius 2 is 2.36 bits per heavy atom. The molecule has 11 heavy (non-hydrogen) atoms. The van der Waals surface area contributed by atoms with E-state index in [0.29, 0.717) is 13.0 Å².